The van der Waals surface area contributed by atoms with E-state index >= 15 is 0 Å². The number of aryl methyl sites for hydroxylation is 2. The fourth-order valence-electron chi connectivity index (χ4n) is 2.26. The van der Waals surface area contributed by atoms with Gasteiger partial charge in [-0.2, -0.15) is 22.7 Å². The number of aromatic nitrogens is 2. The summed E-state index contributed by atoms with van der Waals surface area (Å²) in [4.78, 5) is 0. The highest BCUT2D eigenvalue weighted by atomic mass is 31.2. The molecule has 0 radical (unpaired) electrons. The SMILES string of the molecule is Cc1nn(C)pc1P(Oc1c(F)c(F)c(F)c(F)c1F)Oc1c(F)c(F)c(F)c(F)c1F. The van der Waals surface area contributed by atoms with Gasteiger partial charge in [-0.25, -0.2) is 30.8 Å². The van der Waals surface area contributed by atoms with Gasteiger partial charge >= 0.3 is 8.38 Å². The maximum absolute atomic E-state index is 14.0. The van der Waals surface area contributed by atoms with Crippen LogP contribution in [0.25, 0.3) is 0 Å². The fourth-order valence-corrected chi connectivity index (χ4v) is 5.00. The van der Waals surface area contributed by atoms with Gasteiger partial charge in [0.1, 0.15) is 5.04 Å². The molecule has 0 amide bonds. The van der Waals surface area contributed by atoms with E-state index in [1.807, 2.05) is 0 Å². The van der Waals surface area contributed by atoms with Crippen LogP contribution in [0.15, 0.2) is 0 Å². The summed E-state index contributed by atoms with van der Waals surface area (Å²) in [6, 6.07) is 0. The number of halogens is 10. The third-order valence-electron chi connectivity index (χ3n) is 3.72. The monoisotopic (exact) mass is 510 g/mol. The molecule has 32 heavy (non-hydrogen) atoms. The minimum atomic E-state index is -3.25. The Morgan fingerprint density at radius 1 is 0.625 bits per heavy atom. The average molecular weight is 510 g/mol. The van der Waals surface area contributed by atoms with Crippen molar-refractivity contribution in [2.24, 2.45) is 7.05 Å². The lowest BCUT2D eigenvalue weighted by atomic mass is 10.3. The fraction of sp³-hybridized carbons (Fsp3) is 0.125. The Balaban J connectivity index is 2.18. The van der Waals surface area contributed by atoms with E-state index in [1.54, 1.807) is 0 Å². The minimum absolute atomic E-state index is 0.0000640. The predicted molar refractivity (Wildman–Crippen MR) is 90.7 cm³/mol. The Hall–Kier alpha value is -2.59. The molecule has 0 aliphatic heterocycles. The van der Waals surface area contributed by atoms with Gasteiger partial charge in [-0.1, -0.05) is 0 Å². The molecule has 1 aromatic heterocycles. The van der Waals surface area contributed by atoms with Crippen molar-refractivity contribution >= 4 is 21.8 Å². The Labute approximate surface area is 174 Å². The molecule has 0 fully saturated rings. The van der Waals surface area contributed by atoms with Crippen molar-refractivity contribution in [1.82, 2.24) is 9.54 Å². The topological polar surface area (TPSA) is 36.3 Å². The molecular weight excluding hydrogens is 504 g/mol. The summed E-state index contributed by atoms with van der Waals surface area (Å²) in [6.07, 6.45) is 0. The van der Waals surface area contributed by atoms with Crippen LogP contribution >= 0.6 is 16.7 Å². The van der Waals surface area contributed by atoms with E-state index in [-0.39, 0.29) is 19.1 Å². The first kappa shape index (κ1) is 24.1. The lowest BCUT2D eigenvalue weighted by Crippen LogP contribution is -2.14. The van der Waals surface area contributed by atoms with Crippen molar-refractivity contribution in [3.63, 3.8) is 0 Å². The zero-order valence-electron chi connectivity index (χ0n) is 15.4. The van der Waals surface area contributed by atoms with Crippen LogP contribution in [-0.2, 0) is 7.05 Å². The first-order valence-electron chi connectivity index (χ1n) is 7.93. The van der Waals surface area contributed by atoms with Crippen LogP contribution in [0.2, 0.25) is 0 Å². The van der Waals surface area contributed by atoms with Gasteiger partial charge in [0.2, 0.25) is 69.7 Å². The highest BCUT2D eigenvalue weighted by Crippen LogP contribution is 2.47. The van der Waals surface area contributed by atoms with Gasteiger partial charge < -0.3 is 9.05 Å². The molecule has 3 aromatic rings. The van der Waals surface area contributed by atoms with E-state index in [1.165, 1.54) is 14.0 Å². The summed E-state index contributed by atoms with van der Waals surface area (Å²) in [7, 11) is -1.90. The van der Waals surface area contributed by atoms with Crippen molar-refractivity contribution in [1.29, 1.82) is 0 Å². The van der Waals surface area contributed by atoms with Gasteiger partial charge in [-0.15, -0.1) is 0 Å². The second kappa shape index (κ2) is 8.74. The number of nitrogens with zero attached hydrogens (tertiary/aromatic N) is 2. The molecule has 0 saturated heterocycles. The van der Waals surface area contributed by atoms with Crippen molar-refractivity contribution < 1.29 is 53.0 Å². The molecule has 0 atom stereocenters. The van der Waals surface area contributed by atoms with Crippen LogP contribution in [0.4, 0.5) is 43.9 Å². The Bertz CT molecular complexity index is 1110. The van der Waals surface area contributed by atoms with Crippen LogP contribution in [0.1, 0.15) is 5.69 Å². The average Bonchev–Trinajstić information content (AvgIpc) is 3.10. The molecule has 0 bridgehead atoms. The standard InChI is InChI=1S/C16H6F10N2O2P2/c1-3-16(31-28(2)27-3)32(29-14-10(23)6(19)4(17)7(20)11(14)24)30-15-12(25)8(21)5(18)9(22)13(15)26/h1-2H3. The van der Waals surface area contributed by atoms with Gasteiger partial charge in [-0.05, 0) is 6.92 Å². The summed E-state index contributed by atoms with van der Waals surface area (Å²) in [5.74, 6) is -28.2. The molecule has 16 heteroatoms. The molecular formula is C16H6F10N2O2P2. The first-order chi connectivity index (χ1) is 14.9. The zero-order chi connectivity index (χ0) is 24.1. The van der Waals surface area contributed by atoms with Crippen molar-refractivity contribution in [2.75, 3.05) is 0 Å². The zero-order valence-corrected chi connectivity index (χ0v) is 17.2. The van der Waals surface area contributed by atoms with E-state index in [0.717, 1.165) is 4.44 Å². The lowest BCUT2D eigenvalue weighted by molar-refractivity contribution is 0.334. The maximum Gasteiger partial charge on any atom is 0.335 e. The second-order valence-corrected chi connectivity index (χ2v) is 8.74. The minimum Gasteiger partial charge on any atom is -0.428 e. The van der Waals surface area contributed by atoms with Crippen LogP contribution in [0.3, 0.4) is 0 Å². The predicted octanol–water partition coefficient (Wildman–Crippen LogP) is 5.79. The van der Waals surface area contributed by atoms with Crippen LogP contribution in [0, 0.1) is 65.1 Å². The highest BCUT2D eigenvalue weighted by Gasteiger charge is 2.35. The second-order valence-electron chi connectivity index (χ2n) is 5.84. The number of hydrogen-bond acceptors (Lipinski definition) is 3. The van der Waals surface area contributed by atoms with Crippen LogP contribution in [0.5, 0.6) is 11.5 Å². The van der Waals surface area contributed by atoms with E-state index < -0.39 is 78.0 Å². The molecule has 3 rings (SSSR count). The van der Waals surface area contributed by atoms with Crippen molar-refractivity contribution in [2.45, 2.75) is 6.92 Å². The van der Waals surface area contributed by atoms with E-state index in [4.69, 9.17) is 9.05 Å². The van der Waals surface area contributed by atoms with Crippen LogP contribution < -0.4 is 14.1 Å². The molecule has 1 heterocycles. The van der Waals surface area contributed by atoms with Gasteiger partial charge in [0, 0.05) is 7.05 Å². The van der Waals surface area contributed by atoms with Gasteiger partial charge in [0.15, 0.2) is 0 Å². The number of rotatable bonds is 5. The molecule has 4 nitrogen and oxygen atoms in total. The molecule has 0 spiro atoms. The summed E-state index contributed by atoms with van der Waals surface area (Å²) in [5.41, 5.74) is -0.0342. The van der Waals surface area contributed by atoms with E-state index in [9.17, 15) is 43.9 Å². The highest BCUT2D eigenvalue weighted by molar-refractivity contribution is 7.67. The third kappa shape index (κ3) is 3.97. The van der Waals surface area contributed by atoms with E-state index in [2.05, 4.69) is 5.10 Å². The van der Waals surface area contributed by atoms with Crippen molar-refractivity contribution in [3.05, 3.63) is 63.9 Å². The summed E-state index contributed by atoms with van der Waals surface area (Å²) >= 11 is 0. The Morgan fingerprint density at radius 3 is 1.22 bits per heavy atom. The van der Waals surface area contributed by atoms with Gasteiger partial charge in [0.25, 0.3) is 0 Å². The molecule has 0 N–H and O–H groups in total. The Kier molecular flexibility index (Phi) is 6.57. The third-order valence-corrected chi connectivity index (χ3v) is 6.73. The smallest absolute Gasteiger partial charge is 0.335 e. The Morgan fingerprint density at radius 2 is 0.938 bits per heavy atom. The van der Waals surface area contributed by atoms with Crippen molar-refractivity contribution in [3.8, 4) is 11.5 Å². The molecule has 172 valence electrons. The largest absolute Gasteiger partial charge is 0.428 e. The summed E-state index contributed by atoms with van der Waals surface area (Å²) in [6.45, 7) is 1.25. The molecule has 0 aliphatic rings. The molecule has 0 aliphatic carbocycles. The maximum atomic E-state index is 14.0. The summed E-state index contributed by atoms with van der Waals surface area (Å²) < 4.78 is 147. The van der Waals surface area contributed by atoms with Crippen LogP contribution in [-0.4, -0.2) is 9.54 Å². The number of hydrogen-bond donors (Lipinski definition) is 0. The van der Waals surface area contributed by atoms with Gasteiger partial charge in [-0.3, -0.25) is 0 Å². The first-order valence-corrected chi connectivity index (χ1v) is 9.96. The number of benzene rings is 2. The quantitative estimate of drug-likeness (QED) is 0.189. The summed E-state index contributed by atoms with van der Waals surface area (Å²) in [5, 5.41) is 3.59. The molecule has 2 aromatic carbocycles. The van der Waals surface area contributed by atoms with Gasteiger partial charge in [0.05, 0.1) is 14.0 Å². The normalized spacial score (nSPS) is 11.7. The molecule has 0 saturated carbocycles. The molecule has 0 unspecified atom stereocenters. The van der Waals surface area contributed by atoms with E-state index in [0.29, 0.717) is 0 Å². The lowest BCUT2D eigenvalue weighted by Gasteiger charge is -2.20.